The number of aromatic nitrogens is 1. The fourth-order valence-electron chi connectivity index (χ4n) is 3.76. The predicted molar refractivity (Wildman–Crippen MR) is 80.7 cm³/mol. The molecule has 2 aliphatic rings. The van der Waals surface area contributed by atoms with Crippen LogP contribution in [0.5, 0.6) is 0 Å². The van der Waals surface area contributed by atoms with E-state index < -0.39 is 0 Å². The molecule has 2 aliphatic heterocycles. The summed E-state index contributed by atoms with van der Waals surface area (Å²) in [5.74, 6) is 0.848. The molecular weight excluding hydrogens is 252 g/mol. The van der Waals surface area contributed by atoms with Gasteiger partial charge in [-0.15, -0.1) is 11.3 Å². The van der Waals surface area contributed by atoms with Crippen molar-refractivity contribution in [3.05, 3.63) is 28.8 Å². The number of aryl methyl sites for hydroxylation is 1. The van der Waals surface area contributed by atoms with Crippen molar-refractivity contribution in [2.24, 2.45) is 5.92 Å². The summed E-state index contributed by atoms with van der Waals surface area (Å²) in [6.45, 7) is 2.16. The van der Waals surface area contributed by atoms with Crippen LogP contribution in [0.15, 0.2) is 18.2 Å². The second kappa shape index (κ2) is 4.57. The van der Waals surface area contributed by atoms with Crippen molar-refractivity contribution in [3.63, 3.8) is 0 Å². The molecule has 100 valence electrons. The molecule has 2 unspecified atom stereocenters. The zero-order chi connectivity index (χ0) is 12.8. The number of fused-ring (bicyclic) bond motifs is 3. The number of benzene rings is 1. The summed E-state index contributed by atoms with van der Waals surface area (Å²) in [4.78, 5) is 4.82. The highest BCUT2D eigenvalue weighted by atomic mass is 32.1. The van der Waals surface area contributed by atoms with Crippen LogP contribution in [-0.4, -0.2) is 17.1 Å². The lowest BCUT2D eigenvalue weighted by Crippen LogP contribution is -2.38. The molecule has 0 radical (unpaired) electrons. The molecule has 19 heavy (non-hydrogen) atoms. The van der Waals surface area contributed by atoms with Gasteiger partial charge in [0.25, 0.3) is 0 Å². The van der Waals surface area contributed by atoms with Crippen LogP contribution in [-0.2, 0) is 6.42 Å². The van der Waals surface area contributed by atoms with Gasteiger partial charge in [0.1, 0.15) is 0 Å². The summed E-state index contributed by atoms with van der Waals surface area (Å²) in [5.41, 5.74) is 2.52. The number of rotatable bonds is 2. The standard InChI is InChI=1S/C16H20N2S/c1-10-2-5-14-15(6-10)19-16(18-14)9-11-7-12-3-4-13(8-11)17-12/h2,5-6,11-13,17H,3-4,7-9H2,1H3. The van der Waals surface area contributed by atoms with Crippen LogP contribution in [0.25, 0.3) is 10.2 Å². The first kappa shape index (κ1) is 11.9. The van der Waals surface area contributed by atoms with Gasteiger partial charge in [-0.25, -0.2) is 4.98 Å². The molecule has 2 nitrogen and oxygen atoms in total. The Morgan fingerprint density at radius 1 is 1.26 bits per heavy atom. The second-order valence-electron chi connectivity index (χ2n) is 6.26. The summed E-state index contributed by atoms with van der Waals surface area (Å²) in [6.07, 6.45) is 6.67. The number of nitrogens with one attached hydrogen (secondary N) is 1. The molecule has 0 amide bonds. The smallest absolute Gasteiger partial charge is 0.0941 e. The molecule has 0 spiro atoms. The van der Waals surface area contributed by atoms with Crippen molar-refractivity contribution in [1.82, 2.24) is 10.3 Å². The summed E-state index contributed by atoms with van der Waals surface area (Å²) in [7, 11) is 0. The number of hydrogen-bond donors (Lipinski definition) is 1. The van der Waals surface area contributed by atoms with Crippen molar-refractivity contribution in [3.8, 4) is 0 Å². The van der Waals surface area contributed by atoms with Crippen LogP contribution >= 0.6 is 11.3 Å². The molecule has 1 aromatic carbocycles. The topological polar surface area (TPSA) is 24.9 Å². The minimum absolute atomic E-state index is 0.792. The zero-order valence-electron chi connectivity index (χ0n) is 11.4. The van der Waals surface area contributed by atoms with Crippen molar-refractivity contribution in [2.75, 3.05) is 0 Å². The Morgan fingerprint density at radius 2 is 2.05 bits per heavy atom. The van der Waals surface area contributed by atoms with Gasteiger partial charge in [0.15, 0.2) is 0 Å². The maximum absolute atomic E-state index is 4.82. The molecule has 1 aromatic heterocycles. The highest BCUT2D eigenvalue weighted by Crippen LogP contribution is 2.34. The Kier molecular flexibility index (Phi) is 2.85. The van der Waals surface area contributed by atoms with Crippen molar-refractivity contribution < 1.29 is 0 Å². The lowest BCUT2D eigenvalue weighted by molar-refractivity contribution is 0.298. The Balaban J connectivity index is 1.54. The van der Waals surface area contributed by atoms with E-state index in [4.69, 9.17) is 4.98 Å². The van der Waals surface area contributed by atoms with Crippen LogP contribution in [0.1, 0.15) is 36.3 Å². The molecule has 2 aromatic rings. The van der Waals surface area contributed by atoms with E-state index in [1.807, 2.05) is 11.3 Å². The summed E-state index contributed by atoms with van der Waals surface area (Å²) in [6, 6.07) is 8.18. The molecule has 2 saturated heterocycles. The average molecular weight is 272 g/mol. The summed E-state index contributed by atoms with van der Waals surface area (Å²) >= 11 is 1.90. The van der Waals surface area contributed by atoms with Gasteiger partial charge in [-0.05, 0) is 56.2 Å². The third kappa shape index (κ3) is 2.30. The normalized spacial score (nSPS) is 30.1. The van der Waals surface area contributed by atoms with E-state index in [9.17, 15) is 0 Å². The molecule has 4 rings (SSSR count). The Hall–Kier alpha value is -0.930. The van der Waals surface area contributed by atoms with E-state index in [1.165, 1.54) is 52.9 Å². The van der Waals surface area contributed by atoms with Gasteiger partial charge >= 0.3 is 0 Å². The van der Waals surface area contributed by atoms with Gasteiger partial charge in [0, 0.05) is 18.5 Å². The monoisotopic (exact) mass is 272 g/mol. The fourth-order valence-corrected chi connectivity index (χ4v) is 4.94. The Morgan fingerprint density at radius 3 is 2.84 bits per heavy atom. The first-order valence-electron chi connectivity index (χ1n) is 7.38. The lowest BCUT2D eigenvalue weighted by Gasteiger charge is -2.28. The van der Waals surface area contributed by atoms with Gasteiger partial charge < -0.3 is 5.32 Å². The summed E-state index contributed by atoms with van der Waals surface area (Å²) in [5, 5.41) is 5.06. The Bertz CT molecular complexity index is 592. The number of piperidine rings is 1. The third-order valence-electron chi connectivity index (χ3n) is 4.62. The van der Waals surface area contributed by atoms with E-state index >= 15 is 0 Å². The van der Waals surface area contributed by atoms with Crippen LogP contribution in [0.3, 0.4) is 0 Å². The molecule has 1 N–H and O–H groups in total. The molecule has 0 aliphatic carbocycles. The average Bonchev–Trinajstić information content (AvgIpc) is 2.92. The molecule has 2 bridgehead atoms. The van der Waals surface area contributed by atoms with E-state index in [2.05, 4.69) is 30.4 Å². The molecule has 0 saturated carbocycles. The SMILES string of the molecule is Cc1ccc2nc(CC3CC4CCC(C3)N4)sc2c1. The van der Waals surface area contributed by atoms with Crippen LogP contribution in [0.4, 0.5) is 0 Å². The lowest BCUT2D eigenvalue weighted by atomic mass is 9.90. The minimum atomic E-state index is 0.792. The number of hydrogen-bond acceptors (Lipinski definition) is 3. The quantitative estimate of drug-likeness (QED) is 0.902. The number of thiazole rings is 1. The van der Waals surface area contributed by atoms with Crippen molar-refractivity contribution >= 4 is 21.6 Å². The molecule has 2 fully saturated rings. The van der Waals surface area contributed by atoms with Gasteiger partial charge in [0.05, 0.1) is 15.2 Å². The van der Waals surface area contributed by atoms with Crippen LogP contribution in [0, 0.1) is 12.8 Å². The van der Waals surface area contributed by atoms with Crippen molar-refractivity contribution in [2.45, 2.75) is 51.1 Å². The molecule has 3 heterocycles. The molecule has 3 heteroatoms. The number of nitrogens with zero attached hydrogens (tertiary/aromatic N) is 1. The van der Waals surface area contributed by atoms with E-state index in [1.54, 1.807) is 0 Å². The van der Waals surface area contributed by atoms with Crippen LogP contribution in [0.2, 0.25) is 0 Å². The van der Waals surface area contributed by atoms with Crippen molar-refractivity contribution in [1.29, 1.82) is 0 Å². The van der Waals surface area contributed by atoms with Gasteiger partial charge in [-0.1, -0.05) is 6.07 Å². The predicted octanol–water partition coefficient (Wildman–Crippen LogP) is 3.68. The zero-order valence-corrected chi connectivity index (χ0v) is 12.2. The van der Waals surface area contributed by atoms with E-state index in [-0.39, 0.29) is 0 Å². The fraction of sp³-hybridized carbons (Fsp3) is 0.562. The van der Waals surface area contributed by atoms with E-state index in [0.29, 0.717) is 0 Å². The minimum Gasteiger partial charge on any atom is -0.311 e. The molecular formula is C16H20N2S. The van der Waals surface area contributed by atoms with E-state index in [0.717, 1.165) is 18.0 Å². The second-order valence-corrected chi connectivity index (χ2v) is 7.37. The largest absolute Gasteiger partial charge is 0.311 e. The first-order valence-corrected chi connectivity index (χ1v) is 8.20. The van der Waals surface area contributed by atoms with Crippen LogP contribution < -0.4 is 5.32 Å². The maximum atomic E-state index is 4.82. The maximum Gasteiger partial charge on any atom is 0.0941 e. The van der Waals surface area contributed by atoms with Gasteiger partial charge in [0.2, 0.25) is 0 Å². The van der Waals surface area contributed by atoms with Gasteiger partial charge in [-0.2, -0.15) is 0 Å². The highest BCUT2D eigenvalue weighted by molar-refractivity contribution is 7.18. The third-order valence-corrected chi connectivity index (χ3v) is 5.66. The first-order chi connectivity index (χ1) is 9.26. The highest BCUT2D eigenvalue weighted by Gasteiger charge is 2.33. The molecule has 2 atom stereocenters. The Labute approximate surface area is 118 Å². The summed E-state index contributed by atoms with van der Waals surface area (Å²) < 4.78 is 1.35. The van der Waals surface area contributed by atoms with Gasteiger partial charge in [-0.3, -0.25) is 0 Å².